The van der Waals surface area contributed by atoms with E-state index in [1.807, 2.05) is 0 Å². The van der Waals surface area contributed by atoms with Crippen LogP contribution < -0.4 is 10.1 Å². The number of halogens is 3. The lowest BCUT2D eigenvalue weighted by atomic mass is 9.95. The highest BCUT2D eigenvalue weighted by molar-refractivity contribution is 6.42. The SMILES string of the molecule is C[C@H](C(=O)NC1CCCCC1)N(Cc1ccc(Cl)c(Cl)c1)C(=O)COc1ccc(F)cc1. The van der Waals surface area contributed by atoms with Crippen molar-refractivity contribution in [1.29, 1.82) is 0 Å². The number of rotatable bonds is 8. The van der Waals surface area contributed by atoms with Gasteiger partial charge in [0.2, 0.25) is 5.91 Å². The minimum Gasteiger partial charge on any atom is -0.484 e. The zero-order chi connectivity index (χ0) is 23.1. The van der Waals surface area contributed by atoms with Crippen molar-refractivity contribution in [1.82, 2.24) is 10.2 Å². The fourth-order valence-corrected chi connectivity index (χ4v) is 4.07. The molecule has 0 spiro atoms. The summed E-state index contributed by atoms with van der Waals surface area (Å²) >= 11 is 12.1. The summed E-state index contributed by atoms with van der Waals surface area (Å²) in [6.07, 6.45) is 5.28. The summed E-state index contributed by atoms with van der Waals surface area (Å²) in [4.78, 5) is 27.5. The van der Waals surface area contributed by atoms with Gasteiger partial charge in [0.1, 0.15) is 17.6 Å². The molecule has 0 unspecified atom stereocenters. The molecule has 32 heavy (non-hydrogen) atoms. The molecule has 0 aromatic heterocycles. The summed E-state index contributed by atoms with van der Waals surface area (Å²) in [6, 6.07) is 9.94. The second-order valence-corrected chi connectivity index (χ2v) is 8.85. The summed E-state index contributed by atoms with van der Waals surface area (Å²) in [7, 11) is 0. The highest BCUT2D eigenvalue weighted by Gasteiger charge is 2.28. The van der Waals surface area contributed by atoms with Gasteiger partial charge in [-0.05, 0) is 61.7 Å². The van der Waals surface area contributed by atoms with Gasteiger partial charge < -0.3 is 15.0 Å². The van der Waals surface area contributed by atoms with Crippen LogP contribution in [0.3, 0.4) is 0 Å². The fourth-order valence-electron chi connectivity index (χ4n) is 3.74. The van der Waals surface area contributed by atoms with E-state index in [4.69, 9.17) is 27.9 Å². The van der Waals surface area contributed by atoms with Crippen molar-refractivity contribution in [3.8, 4) is 5.75 Å². The van der Waals surface area contributed by atoms with Gasteiger partial charge >= 0.3 is 0 Å². The standard InChI is InChI=1S/C24H27Cl2FN2O3/c1-16(24(31)28-19-5-3-2-4-6-19)29(14-17-7-12-21(25)22(26)13-17)23(30)15-32-20-10-8-18(27)9-11-20/h7-13,16,19H,2-6,14-15H2,1H3,(H,28,31)/t16-/m1/s1. The first-order valence-electron chi connectivity index (χ1n) is 10.8. The smallest absolute Gasteiger partial charge is 0.261 e. The largest absolute Gasteiger partial charge is 0.484 e. The van der Waals surface area contributed by atoms with Gasteiger partial charge in [-0.2, -0.15) is 0 Å². The minimum atomic E-state index is -0.712. The molecule has 0 bridgehead atoms. The Bertz CT molecular complexity index is 933. The molecule has 1 aliphatic rings. The van der Waals surface area contributed by atoms with Crippen molar-refractivity contribution in [3.05, 3.63) is 63.9 Å². The van der Waals surface area contributed by atoms with E-state index < -0.39 is 11.9 Å². The Morgan fingerprint density at radius 1 is 1.09 bits per heavy atom. The number of nitrogens with zero attached hydrogens (tertiary/aromatic N) is 1. The maximum absolute atomic E-state index is 13.1. The monoisotopic (exact) mass is 480 g/mol. The van der Waals surface area contributed by atoms with Crippen LogP contribution in [-0.2, 0) is 16.1 Å². The highest BCUT2D eigenvalue weighted by atomic mass is 35.5. The molecule has 1 aliphatic carbocycles. The van der Waals surface area contributed by atoms with Crippen molar-refractivity contribution in [2.75, 3.05) is 6.61 Å². The molecule has 0 heterocycles. The van der Waals surface area contributed by atoms with Crippen LogP contribution in [0.2, 0.25) is 10.0 Å². The van der Waals surface area contributed by atoms with Gasteiger partial charge in [0.15, 0.2) is 6.61 Å². The number of nitrogens with one attached hydrogen (secondary N) is 1. The lowest BCUT2D eigenvalue weighted by molar-refractivity contribution is -0.142. The summed E-state index contributed by atoms with van der Waals surface area (Å²) < 4.78 is 18.6. The normalized spacial score (nSPS) is 15.1. The molecule has 172 valence electrons. The molecule has 5 nitrogen and oxygen atoms in total. The van der Waals surface area contributed by atoms with E-state index in [0.717, 1.165) is 31.2 Å². The molecule has 0 aliphatic heterocycles. The molecular formula is C24H27Cl2FN2O3. The van der Waals surface area contributed by atoms with E-state index in [0.29, 0.717) is 15.8 Å². The molecule has 2 aromatic rings. The van der Waals surface area contributed by atoms with Crippen LogP contribution in [0.1, 0.15) is 44.6 Å². The van der Waals surface area contributed by atoms with E-state index in [9.17, 15) is 14.0 Å². The molecule has 0 saturated heterocycles. The van der Waals surface area contributed by atoms with Crippen LogP contribution in [-0.4, -0.2) is 35.4 Å². The predicted molar refractivity (Wildman–Crippen MR) is 123 cm³/mol. The summed E-state index contributed by atoms with van der Waals surface area (Å²) in [5.74, 6) is -0.592. The third kappa shape index (κ3) is 6.84. The fraction of sp³-hybridized carbons (Fsp3) is 0.417. The van der Waals surface area contributed by atoms with E-state index in [1.54, 1.807) is 25.1 Å². The molecule has 1 fully saturated rings. The average Bonchev–Trinajstić information content (AvgIpc) is 2.79. The van der Waals surface area contributed by atoms with Gasteiger partial charge in [-0.25, -0.2) is 4.39 Å². The Labute approximate surface area is 197 Å². The van der Waals surface area contributed by atoms with Gasteiger partial charge in [0, 0.05) is 12.6 Å². The third-order valence-electron chi connectivity index (χ3n) is 5.63. The predicted octanol–water partition coefficient (Wildman–Crippen LogP) is 5.38. The molecule has 3 rings (SSSR count). The first-order valence-corrected chi connectivity index (χ1v) is 11.5. The quantitative estimate of drug-likeness (QED) is 0.551. The van der Waals surface area contributed by atoms with Crippen LogP contribution in [0.15, 0.2) is 42.5 Å². The summed E-state index contributed by atoms with van der Waals surface area (Å²) in [5, 5.41) is 3.86. The number of hydrogen-bond acceptors (Lipinski definition) is 3. The van der Waals surface area contributed by atoms with E-state index in [2.05, 4.69) is 5.32 Å². The molecule has 2 amide bonds. The lowest BCUT2D eigenvalue weighted by Crippen LogP contribution is -2.51. The maximum atomic E-state index is 13.1. The van der Waals surface area contributed by atoms with Gasteiger partial charge in [-0.15, -0.1) is 0 Å². The number of hydrogen-bond donors (Lipinski definition) is 1. The van der Waals surface area contributed by atoms with Crippen molar-refractivity contribution in [2.24, 2.45) is 0 Å². The van der Waals surface area contributed by atoms with Gasteiger partial charge in [-0.1, -0.05) is 48.5 Å². The molecule has 0 radical (unpaired) electrons. The Morgan fingerprint density at radius 3 is 2.44 bits per heavy atom. The number of benzene rings is 2. The van der Waals surface area contributed by atoms with Crippen molar-refractivity contribution in [3.63, 3.8) is 0 Å². The highest BCUT2D eigenvalue weighted by Crippen LogP contribution is 2.24. The van der Waals surface area contributed by atoms with Crippen molar-refractivity contribution < 1.29 is 18.7 Å². The Kier molecular flexibility index (Phi) is 8.76. The Hall–Kier alpha value is -2.31. The number of carbonyl (C=O) groups excluding carboxylic acids is 2. The molecular weight excluding hydrogens is 454 g/mol. The van der Waals surface area contributed by atoms with Crippen LogP contribution in [0.25, 0.3) is 0 Å². The number of ether oxygens (including phenoxy) is 1. The van der Waals surface area contributed by atoms with E-state index in [1.165, 1.54) is 35.6 Å². The van der Waals surface area contributed by atoms with Gasteiger partial charge in [0.05, 0.1) is 10.0 Å². The first kappa shape index (κ1) is 24.3. The average molecular weight is 481 g/mol. The second-order valence-electron chi connectivity index (χ2n) is 8.03. The maximum Gasteiger partial charge on any atom is 0.261 e. The van der Waals surface area contributed by atoms with Crippen LogP contribution in [0, 0.1) is 5.82 Å². The molecule has 2 aromatic carbocycles. The zero-order valence-corrected chi connectivity index (χ0v) is 19.5. The topological polar surface area (TPSA) is 58.6 Å². The Balaban J connectivity index is 1.72. The first-order chi connectivity index (χ1) is 15.3. The van der Waals surface area contributed by atoms with E-state index >= 15 is 0 Å². The molecule has 1 N–H and O–H groups in total. The zero-order valence-electron chi connectivity index (χ0n) is 18.0. The second kappa shape index (κ2) is 11.5. The van der Waals surface area contributed by atoms with Gasteiger partial charge in [0.25, 0.3) is 5.91 Å². The molecule has 8 heteroatoms. The van der Waals surface area contributed by atoms with Gasteiger partial charge in [-0.3, -0.25) is 9.59 Å². The Morgan fingerprint density at radius 2 is 1.78 bits per heavy atom. The number of amides is 2. The third-order valence-corrected chi connectivity index (χ3v) is 6.37. The van der Waals surface area contributed by atoms with Crippen molar-refractivity contribution >= 4 is 35.0 Å². The molecule has 1 atom stereocenters. The minimum absolute atomic E-state index is 0.135. The van der Waals surface area contributed by atoms with Crippen LogP contribution in [0.5, 0.6) is 5.75 Å². The summed E-state index contributed by atoms with van der Waals surface area (Å²) in [5.41, 5.74) is 0.742. The van der Waals surface area contributed by atoms with Crippen LogP contribution >= 0.6 is 23.2 Å². The molecule has 1 saturated carbocycles. The summed E-state index contributed by atoms with van der Waals surface area (Å²) in [6.45, 7) is 1.58. The van der Waals surface area contributed by atoms with Crippen molar-refractivity contribution in [2.45, 2.75) is 57.7 Å². The lowest BCUT2D eigenvalue weighted by Gasteiger charge is -2.31. The van der Waals surface area contributed by atoms with Crippen LogP contribution in [0.4, 0.5) is 4.39 Å². The van der Waals surface area contributed by atoms with E-state index in [-0.39, 0.29) is 31.0 Å². The number of carbonyl (C=O) groups is 2.